The fourth-order valence-corrected chi connectivity index (χ4v) is 5.68. The number of hydrogen-bond acceptors (Lipinski definition) is 7. The molecule has 0 spiro atoms. The highest BCUT2D eigenvalue weighted by Crippen LogP contribution is 2.24. The number of benzene rings is 3. The molecule has 0 saturated carbocycles. The van der Waals surface area contributed by atoms with Crippen molar-refractivity contribution in [3.8, 4) is 11.1 Å². The molecule has 45 heavy (non-hydrogen) atoms. The van der Waals surface area contributed by atoms with Crippen LogP contribution in [0.4, 0.5) is 0 Å². The van der Waals surface area contributed by atoms with Gasteiger partial charge >= 0.3 is 5.97 Å². The summed E-state index contributed by atoms with van der Waals surface area (Å²) in [4.78, 5) is 31.0. The van der Waals surface area contributed by atoms with Crippen LogP contribution in [0.2, 0.25) is 0 Å². The van der Waals surface area contributed by atoms with Gasteiger partial charge in [-0.15, -0.1) is 0 Å². The fourth-order valence-electron chi connectivity index (χ4n) is 4.96. The molecule has 0 aliphatic carbocycles. The minimum absolute atomic E-state index is 0.0103. The van der Waals surface area contributed by atoms with Crippen molar-refractivity contribution in [2.24, 2.45) is 11.7 Å². The number of carbonyl (C=O) groups is 2. The number of hydrogen-bond donors (Lipinski definition) is 3. The number of nitrogen functional groups attached to an aromatic ring is 1. The smallest absolute Gasteiger partial charge is 0.306 e. The molecule has 0 atom stereocenters. The van der Waals surface area contributed by atoms with Gasteiger partial charge in [0.15, 0.2) is 0 Å². The van der Waals surface area contributed by atoms with Gasteiger partial charge in [0.2, 0.25) is 0 Å². The van der Waals surface area contributed by atoms with Gasteiger partial charge in [-0.2, -0.15) is 8.42 Å². The average molecular weight is 629 g/mol. The number of esters is 1. The van der Waals surface area contributed by atoms with Crippen LogP contribution in [0.15, 0.2) is 102 Å². The Kier molecular flexibility index (Phi) is 11.2. The minimum atomic E-state index is -4.03. The standard InChI is InChI=1S/C27H28N4O3.C7H8O3S/c28-26(29)23-7-3-21(4-8-23)22-5-9-24(10-6-22)27(33)31-14-11-19(12-15-31)16-25(32)34-18-20-2-1-13-30-17-20;1-6-4-2-3-5-7(6)11(8,9)10/h1-10,13,17,19H,11-12,14-16,18H2,(H3,28,29);2-5H,1H3,(H,8,9,10). The Hall–Kier alpha value is -4.87. The van der Waals surface area contributed by atoms with Gasteiger partial charge in [-0.3, -0.25) is 24.5 Å². The van der Waals surface area contributed by atoms with Crippen molar-refractivity contribution in [1.29, 1.82) is 5.41 Å². The summed E-state index contributed by atoms with van der Waals surface area (Å²) in [7, 11) is -4.03. The number of likely N-dealkylation sites (tertiary alicyclic amines) is 1. The van der Waals surface area contributed by atoms with E-state index in [2.05, 4.69) is 4.98 Å². The second-order valence-corrected chi connectivity index (χ2v) is 12.2. The summed E-state index contributed by atoms with van der Waals surface area (Å²) in [6, 6.07) is 25.0. The number of amides is 1. The maximum absolute atomic E-state index is 12.9. The number of ether oxygens (including phenoxy) is 1. The van der Waals surface area contributed by atoms with Crippen LogP contribution in [-0.2, 0) is 26.3 Å². The molecule has 1 fully saturated rings. The van der Waals surface area contributed by atoms with Crippen LogP contribution >= 0.6 is 0 Å². The van der Waals surface area contributed by atoms with Crippen LogP contribution in [0.5, 0.6) is 0 Å². The number of rotatable bonds is 8. The number of amidine groups is 1. The van der Waals surface area contributed by atoms with Crippen LogP contribution in [0.25, 0.3) is 11.1 Å². The van der Waals surface area contributed by atoms with Crippen LogP contribution < -0.4 is 5.73 Å². The molecule has 234 valence electrons. The molecule has 1 aromatic heterocycles. The third kappa shape index (κ3) is 9.56. The van der Waals surface area contributed by atoms with Crippen molar-refractivity contribution >= 4 is 27.8 Å². The Labute approximate surface area is 263 Å². The molecule has 4 aromatic rings. The summed E-state index contributed by atoms with van der Waals surface area (Å²) in [5.74, 6) is 0.0697. The van der Waals surface area contributed by atoms with Crippen molar-refractivity contribution in [3.63, 3.8) is 0 Å². The summed E-state index contributed by atoms with van der Waals surface area (Å²) < 4.78 is 35.2. The number of nitrogens with one attached hydrogen (secondary N) is 1. The number of nitrogens with two attached hydrogens (primary N) is 1. The van der Waals surface area contributed by atoms with E-state index in [0.29, 0.717) is 36.2 Å². The molecule has 1 aliphatic rings. The van der Waals surface area contributed by atoms with E-state index in [1.807, 2.05) is 65.6 Å². The largest absolute Gasteiger partial charge is 0.461 e. The number of aryl methyl sites for hydroxylation is 1. The molecule has 10 nitrogen and oxygen atoms in total. The first-order valence-electron chi connectivity index (χ1n) is 14.4. The molecule has 1 saturated heterocycles. The Morgan fingerprint density at radius 3 is 2.04 bits per heavy atom. The van der Waals surface area contributed by atoms with Crippen molar-refractivity contribution in [2.75, 3.05) is 13.1 Å². The maximum Gasteiger partial charge on any atom is 0.306 e. The number of carbonyl (C=O) groups excluding carboxylic acids is 2. The zero-order chi connectivity index (χ0) is 32.4. The first-order chi connectivity index (χ1) is 21.5. The lowest BCUT2D eigenvalue weighted by molar-refractivity contribution is -0.146. The van der Waals surface area contributed by atoms with E-state index in [1.54, 1.807) is 37.5 Å². The first kappa shape index (κ1) is 33.0. The Morgan fingerprint density at radius 2 is 1.53 bits per heavy atom. The van der Waals surface area contributed by atoms with Gasteiger partial charge in [-0.1, -0.05) is 60.7 Å². The minimum Gasteiger partial charge on any atom is -0.461 e. The molecule has 0 bridgehead atoms. The predicted octanol–water partition coefficient (Wildman–Crippen LogP) is 5.26. The number of aromatic nitrogens is 1. The first-order valence-corrected chi connectivity index (χ1v) is 15.9. The van der Waals surface area contributed by atoms with E-state index < -0.39 is 10.1 Å². The molecule has 1 amide bonds. The third-order valence-corrected chi connectivity index (χ3v) is 8.53. The molecular formula is C34H36N4O6S. The zero-order valence-electron chi connectivity index (χ0n) is 24.9. The van der Waals surface area contributed by atoms with Gasteiger partial charge < -0.3 is 15.4 Å². The van der Waals surface area contributed by atoms with Crippen LogP contribution in [0, 0.1) is 18.3 Å². The molecule has 3 aromatic carbocycles. The third-order valence-electron chi connectivity index (χ3n) is 7.51. The zero-order valence-corrected chi connectivity index (χ0v) is 25.7. The van der Waals surface area contributed by atoms with E-state index in [-0.39, 0.29) is 35.1 Å². The van der Waals surface area contributed by atoms with E-state index in [4.69, 9.17) is 20.4 Å². The predicted molar refractivity (Wildman–Crippen MR) is 171 cm³/mol. The lowest BCUT2D eigenvalue weighted by Crippen LogP contribution is -2.39. The van der Waals surface area contributed by atoms with Crippen molar-refractivity contribution in [1.82, 2.24) is 9.88 Å². The highest BCUT2D eigenvalue weighted by atomic mass is 32.2. The second-order valence-electron chi connectivity index (χ2n) is 10.8. The van der Waals surface area contributed by atoms with Gasteiger partial charge in [0.05, 0.1) is 4.90 Å². The topological polar surface area (TPSA) is 164 Å². The van der Waals surface area contributed by atoms with Crippen LogP contribution in [-0.4, -0.2) is 53.7 Å². The monoisotopic (exact) mass is 628 g/mol. The highest BCUT2D eigenvalue weighted by molar-refractivity contribution is 7.85. The molecule has 2 heterocycles. The molecule has 5 rings (SSSR count). The molecule has 4 N–H and O–H groups in total. The van der Waals surface area contributed by atoms with Crippen molar-refractivity contribution < 1.29 is 27.3 Å². The van der Waals surface area contributed by atoms with Crippen molar-refractivity contribution in [3.05, 3.63) is 120 Å². The maximum atomic E-state index is 12.9. The summed E-state index contributed by atoms with van der Waals surface area (Å²) in [6.07, 6.45) is 5.32. The van der Waals surface area contributed by atoms with E-state index >= 15 is 0 Å². The Morgan fingerprint density at radius 1 is 0.933 bits per heavy atom. The molecule has 0 radical (unpaired) electrons. The number of piperidine rings is 1. The van der Waals surface area contributed by atoms with Gasteiger partial charge in [0, 0.05) is 48.6 Å². The van der Waals surface area contributed by atoms with E-state index in [0.717, 1.165) is 29.5 Å². The Bertz CT molecular complexity index is 1720. The van der Waals surface area contributed by atoms with Crippen LogP contribution in [0.3, 0.4) is 0 Å². The molecule has 0 unspecified atom stereocenters. The average Bonchev–Trinajstić information content (AvgIpc) is 3.04. The molecule has 1 aliphatic heterocycles. The fraction of sp³-hybridized carbons (Fsp3) is 0.235. The second kappa shape index (κ2) is 15.2. The summed E-state index contributed by atoms with van der Waals surface area (Å²) in [5, 5.41) is 7.49. The summed E-state index contributed by atoms with van der Waals surface area (Å²) in [5.41, 5.74) is 10.3. The van der Waals surface area contributed by atoms with Crippen molar-refractivity contribution in [2.45, 2.75) is 37.7 Å². The Balaban J connectivity index is 0.000000354. The number of nitrogens with zero attached hydrogens (tertiary/aromatic N) is 2. The van der Waals surface area contributed by atoms with Gasteiger partial charge in [0.25, 0.3) is 16.0 Å². The lowest BCUT2D eigenvalue weighted by Gasteiger charge is -2.31. The SMILES string of the molecule is Cc1ccccc1S(=O)(=O)O.N=C(N)c1ccc(-c2ccc(C(=O)N3CCC(CC(=O)OCc4cccnc4)CC3)cc2)cc1. The molecular weight excluding hydrogens is 592 g/mol. The van der Waals surface area contributed by atoms with Gasteiger partial charge in [-0.05, 0) is 66.6 Å². The molecule has 11 heteroatoms. The van der Waals surface area contributed by atoms with Crippen LogP contribution in [0.1, 0.15) is 46.3 Å². The highest BCUT2D eigenvalue weighted by Gasteiger charge is 2.25. The van der Waals surface area contributed by atoms with Gasteiger partial charge in [0.1, 0.15) is 12.4 Å². The summed E-state index contributed by atoms with van der Waals surface area (Å²) in [6.45, 7) is 3.13. The van der Waals surface area contributed by atoms with E-state index in [9.17, 15) is 18.0 Å². The van der Waals surface area contributed by atoms with E-state index in [1.165, 1.54) is 6.07 Å². The number of pyridine rings is 1. The normalized spacial score (nSPS) is 13.3. The lowest BCUT2D eigenvalue weighted by atomic mass is 9.93. The van der Waals surface area contributed by atoms with Gasteiger partial charge in [-0.25, -0.2) is 0 Å². The quantitative estimate of drug-likeness (QED) is 0.103. The summed E-state index contributed by atoms with van der Waals surface area (Å²) >= 11 is 0.